The zero-order valence-corrected chi connectivity index (χ0v) is 25.7. The van der Waals surface area contributed by atoms with E-state index in [1.54, 1.807) is 32.9 Å². The van der Waals surface area contributed by atoms with Crippen LogP contribution in [0.2, 0.25) is 0 Å². The van der Waals surface area contributed by atoms with Crippen LogP contribution in [0.25, 0.3) is 0 Å². The molecular weight excluding hydrogens is 602 g/mol. The summed E-state index contributed by atoms with van der Waals surface area (Å²) in [4.78, 5) is 51.2. The first-order valence-corrected chi connectivity index (χ1v) is 14.2. The summed E-state index contributed by atoms with van der Waals surface area (Å²) in [7, 11) is 1.14. The lowest BCUT2D eigenvalue weighted by molar-refractivity contribution is -0.143. The van der Waals surface area contributed by atoms with E-state index in [1.807, 2.05) is 0 Å². The Hall–Kier alpha value is -4.20. The molecule has 0 aliphatic heterocycles. The molecule has 0 saturated carbocycles. The number of alkyl halides is 3. The Kier molecular flexibility index (Phi) is 14.2. The summed E-state index contributed by atoms with van der Waals surface area (Å²) in [5.74, 6) is -1.63. The largest absolute Gasteiger partial charge is 0.467 e. The number of halogens is 4. The number of hydrogen-bond acceptors (Lipinski definition) is 8. The normalized spacial score (nSPS) is 12.2. The number of nitrogens with zero attached hydrogens (tertiary/aromatic N) is 1. The first kappa shape index (κ1) is 37.0. The van der Waals surface area contributed by atoms with E-state index in [-0.39, 0.29) is 44.8 Å². The molecule has 248 valence electrons. The first-order valence-electron chi connectivity index (χ1n) is 14.2. The predicted molar refractivity (Wildman–Crippen MR) is 155 cm³/mol. The molecule has 0 saturated heterocycles. The molecule has 10 nitrogen and oxygen atoms in total. The molecule has 14 heteroatoms. The van der Waals surface area contributed by atoms with E-state index < -0.39 is 47.4 Å². The van der Waals surface area contributed by atoms with Crippen LogP contribution in [0.15, 0.2) is 48.5 Å². The number of carbonyl (C=O) groups is 4. The summed E-state index contributed by atoms with van der Waals surface area (Å²) in [6.07, 6.45) is -5.15. The van der Waals surface area contributed by atoms with Crippen LogP contribution < -0.4 is 10.6 Å². The fourth-order valence-corrected chi connectivity index (χ4v) is 3.94. The molecular formula is C31H39F4N3O7. The third-order valence-electron chi connectivity index (χ3n) is 6.25. The van der Waals surface area contributed by atoms with Gasteiger partial charge in [0.15, 0.2) is 0 Å². The van der Waals surface area contributed by atoms with E-state index in [9.17, 15) is 36.7 Å². The number of rotatable bonds is 14. The number of nitrogens with one attached hydrogen (secondary N) is 2. The number of methoxy groups -OCH3 is 1. The molecule has 1 atom stereocenters. The maximum atomic E-state index is 13.1. The molecule has 0 heterocycles. The molecule has 0 bridgehead atoms. The highest BCUT2D eigenvalue weighted by Gasteiger charge is 2.30. The quantitative estimate of drug-likeness (QED) is 0.122. The molecule has 0 unspecified atom stereocenters. The maximum absolute atomic E-state index is 13.1. The van der Waals surface area contributed by atoms with Crippen LogP contribution in [0, 0.1) is 5.82 Å². The highest BCUT2D eigenvalue weighted by molar-refractivity contribution is 5.93. The third kappa shape index (κ3) is 14.0. The second-order valence-corrected chi connectivity index (χ2v) is 11.1. The van der Waals surface area contributed by atoms with Crippen molar-refractivity contribution in [2.75, 3.05) is 26.7 Å². The van der Waals surface area contributed by atoms with Crippen molar-refractivity contribution in [1.29, 1.82) is 0 Å². The lowest BCUT2D eigenvalue weighted by Gasteiger charge is -2.26. The highest BCUT2D eigenvalue weighted by Crippen LogP contribution is 2.29. The van der Waals surface area contributed by atoms with E-state index in [1.165, 1.54) is 24.3 Å². The van der Waals surface area contributed by atoms with Gasteiger partial charge in [0.05, 0.1) is 19.2 Å². The highest BCUT2D eigenvalue weighted by atomic mass is 19.4. The van der Waals surface area contributed by atoms with Crippen LogP contribution in [-0.2, 0) is 43.0 Å². The molecule has 0 aliphatic rings. The summed E-state index contributed by atoms with van der Waals surface area (Å²) in [6.45, 7) is 4.88. The van der Waals surface area contributed by atoms with Crippen LogP contribution in [-0.4, -0.2) is 67.3 Å². The number of esters is 1. The zero-order chi connectivity index (χ0) is 33.6. The van der Waals surface area contributed by atoms with Crippen molar-refractivity contribution in [3.8, 4) is 0 Å². The summed E-state index contributed by atoms with van der Waals surface area (Å²) < 4.78 is 66.5. The first-order chi connectivity index (χ1) is 21.1. The van der Waals surface area contributed by atoms with Gasteiger partial charge in [0, 0.05) is 6.54 Å². The SMILES string of the molecule is COC(=O)[C@H](CCCCN(C(=O)CNCCc1ccc(F)cc1)C(=O)OC(C)(C)C)NC(=O)OCc1ccc(C(F)(F)F)cc1. The van der Waals surface area contributed by atoms with Gasteiger partial charge in [0.25, 0.3) is 0 Å². The van der Waals surface area contributed by atoms with Crippen molar-refractivity contribution >= 4 is 24.1 Å². The molecule has 0 fully saturated rings. The van der Waals surface area contributed by atoms with Crippen molar-refractivity contribution in [3.63, 3.8) is 0 Å². The van der Waals surface area contributed by atoms with Crippen molar-refractivity contribution in [2.45, 2.75) is 70.9 Å². The van der Waals surface area contributed by atoms with Gasteiger partial charge in [-0.15, -0.1) is 0 Å². The van der Waals surface area contributed by atoms with Gasteiger partial charge in [-0.05, 0) is 88.4 Å². The standard InChI is InChI=1S/C31H39F4N3O7/c1-30(2,3)45-29(42)38(26(39)19-36-17-16-21-10-14-24(32)15-11-21)18-6-5-7-25(27(40)43-4)37-28(41)44-20-22-8-12-23(13-9-22)31(33,34)35/h8-15,25,36H,5-7,16-20H2,1-4H3,(H,37,41)/t25-/m0/s1. The minimum Gasteiger partial charge on any atom is -0.467 e. The molecule has 3 amide bonds. The van der Waals surface area contributed by atoms with Crippen LogP contribution in [0.1, 0.15) is 56.7 Å². The predicted octanol–water partition coefficient (Wildman–Crippen LogP) is 5.38. The van der Waals surface area contributed by atoms with Gasteiger partial charge in [-0.2, -0.15) is 13.2 Å². The second-order valence-electron chi connectivity index (χ2n) is 11.1. The number of unbranched alkanes of at least 4 members (excludes halogenated alkanes) is 1. The molecule has 45 heavy (non-hydrogen) atoms. The third-order valence-corrected chi connectivity index (χ3v) is 6.25. The number of alkyl carbamates (subject to hydrolysis) is 1. The van der Waals surface area contributed by atoms with Gasteiger partial charge in [-0.25, -0.2) is 23.7 Å². The van der Waals surface area contributed by atoms with Crippen LogP contribution in [0.3, 0.4) is 0 Å². The van der Waals surface area contributed by atoms with Crippen molar-refractivity contribution < 1.29 is 51.0 Å². The molecule has 2 aromatic rings. The number of ether oxygens (including phenoxy) is 3. The average molecular weight is 642 g/mol. The summed E-state index contributed by atoms with van der Waals surface area (Å²) >= 11 is 0. The van der Waals surface area contributed by atoms with Crippen LogP contribution in [0.4, 0.5) is 27.2 Å². The fourth-order valence-electron chi connectivity index (χ4n) is 3.94. The van der Waals surface area contributed by atoms with Crippen molar-refractivity contribution in [1.82, 2.24) is 15.5 Å². The maximum Gasteiger partial charge on any atom is 0.417 e. The molecule has 2 rings (SSSR count). The minimum absolute atomic E-state index is 0.0281. The van der Waals surface area contributed by atoms with Gasteiger partial charge in [0.2, 0.25) is 5.91 Å². The number of hydrogen-bond donors (Lipinski definition) is 2. The Balaban J connectivity index is 1.88. The Bertz CT molecular complexity index is 1260. The van der Waals surface area contributed by atoms with E-state index >= 15 is 0 Å². The van der Waals surface area contributed by atoms with Gasteiger partial charge in [-0.1, -0.05) is 24.3 Å². The number of carbonyl (C=O) groups excluding carboxylic acids is 4. The van der Waals surface area contributed by atoms with E-state index in [0.717, 1.165) is 29.7 Å². The Labute approximate surface area is 259 Å². The Morgan fingerprint density at radius 2 is 1.53 bits per heavy atom. The molecule has 0 aliphatic carbocycles. The molecule has 2 N–H and O–H groups in total. The van der Waals surface area contributed by atoms with E-state index in [4.69, 9.17) is 14.2 Å². The molecule has 0 radical (unpaired) electrons. The smallest absolute Gasteiger partial charge is 0.417 e. The van der Waals surface area contributed by atoms with Gasteiger partial charge in [-0.3, -0.25) is 4.79 Å². The topological polar surface area (TPSA) is 123 Å². The van der Waals surface area contributed by atoms with Gasteiger partial charge >= 0.3 is 24.3 Å². The number of imide groups is 1. The summed E-state index contributed by atoms with van der Waals surface area (Å²) in [5, 5.41) is 5.34. The molecule has 0 aromatic heterocycles. The monoisotopic (exact) mass is 641 g/mol. The molecule has 2 aromatic carbocycles. The second kappa shape index (κ2) is 17.3. The minimum atomic E-state index is -4.50. The van der Waals surface area contributed by atoms with Crippen molar-refractivity contribution in [2.24, 2.45) is 0 Å². The Morgan fingerprint density at radius 1 is 0.911 bits per heavy atom. The lowest BCUT2D eigenvalue weighted by atomic mass is 10.1. The lowest BCUT2D eigenvalue weighted by Crippen LogP contribution is -2.45. The van der Waals surface area contributed by atoms with Gasteiger partial charge < -0.3 is 24.8 Å². The average Bonchev–Trinajstić information content (AvgIpc) is 2.96. The van der Waals surface area contributed by atoms with Crippen LogP contribution >= 0.6 is 0 Å². The van der Waals surface area contributed by atoms with Crippen molar-refractivity contribution in [3.05, 3.63) is 71.0 Å². The Morgan fingerprint density at radius 3 is 2.11 bits per heavy atom. The van der Waals surface area contributed by atoms with Crippen LogP contribution in [0.5, 0.6) is 0 Å². The van der Waals surface area contributed by atoms with E-state index in [2.05, 4.69) is 10.6 Å². The zero-order valence-electron chi connectivity index (χ0n) is 25.7. The summed E-state index contributed by atoms with van der Waals surface area (Å²) in [6, 6.07) is 8.93. The number of amides is 3. The van der Waals surface area contributed by atoms with Gasteiger partial charge in [0.1, 0.15) is 24.1 Å². The summed E-state index contributed by atoms with van der Waals surface area (Å²) in [5.41, 5.74) is -0.513. The fraction of sp³-hybridized carbons (Fsp3) is 0.484. The number of benzene rings is 2. The van der Waals surface area contributed by atoms with E-state index in [0.29, 0.717) is 18.5 Å². The molecule has 0 spiro atoms.